The van der Waals surface area contributed by atoms with E-state index in [9.17, 15) is 19.2 Å². The predicted molar refractivity (Wildman–Crippen MR) is 183 cm³/mol. The zero-order valence-corrected chi connectivity index (χ0v) is 27.1. The minimum atomic E-state index is -0.581. The number of rotatable bonds is 9. The van der Waals surface area contributed by atoms with Crippen molar-refractivity contribution in [3.63, 3.8) is 0 Å². The van der Waals surface area contributed by atoms with Gasteiger partial charge in [-0.1, -0.05) is 62.4 Å². The van der Waals surface area contributed by atoms with Gasteiger partial charge in [0.2, 0.25) is 11.8 Å². The van der Waals surface area contributed by atoms with Gasteiger partial charge in [-0.2, -0.15) is 0 Å². The van der Waals surface area contributed by atoms with Crippen LogP contribution in [0.1, 0.15) is 47.7 Å². The smallest absolute Gasteiger partial charge is 0.272 e. The van der Waals surface area contributed by atoms with Gasteiger partial charge in [-0.15, -0.1) is 11.8 Å². The second-order valence-corrected chi connectivity index (χ2v) is 13.1. The molecule has 222 valence electrons. The summed E-state index contributed by atoms with van der Waals surface area (Å²) in [6.45, 7) is 4.22. The van der Waals surface area contributed by atoms with Crippen molar-refractivity contribution in [1.29, 1.82) is 0 Å². The number of hydrogen-bond donors (Lipinski definition) is 2. The normalized spacial score (nSPS) is 15.0. The lowest BCUT2D eigenvalue weighted by Crippen LogP contribution is -2.31. The van der Waals surface area contributed by atoms with Crippen LogP contribution in [0.4, 0.5) is 11.4 Å². The summed E-state index contributed by atoms with van der Waals surface area (Å²) in [5.41, 5.74) is 3.48. The number of nitrogens with zero attached hydrogens (tertiary/aromatic N) is 1. The second kappa shape index (κ2) is 14.0. The van der Waals surface area contributed by atoms with E-state index >= 15 is 0 Å². The van der Waals surface area contributed by atoms with Gasteiger partial charge in [0.15, 0.2) is 0 Å². The number of hydrogen-bond acceptors (Lipinski definition) is 5. The highest BCUT2D eigenvalue weighted by molar-refractivity contribution is 14.1. The Labute approximate surface area is 274 Å². The molecule has 0 radical (unpaired) electrons. The summed E-state index contributed by atoms with van der Waals surface area (Å²) >= 11 is 3.45. The maximum Gasteiger partial charge on any atom is 0.272 e. The van der Waals surface area contributed by atoms with Crippen molar-refractivity contribution in [2.45, 2.75) is 36.3 Å². The van der Waals surface area contributed by atoms with E-state index in [0.717, 1.165) is 14.0 Å². The number of amides is 4. The molecule has 0 saturated carbocycles. The van der Waals surface area contributed by atoms with E-state index in [1.807, 2.05) is 48.5 Å². The number of halogens is 1. The second-order valence-electron chi connectivity index (χ2n) is 10.5. The van der Waals surface area contributed by atoms with Crippen LogP contribution >= 0.6 is 34.4 Å². The number of imide groups is 1. The molecule has 9 heteroatoms. The Bertz CT molecular complexity index is 1720. The predicted octanol–water partition coefficient (Wildman–Crippen LogP) is 7.25. The van der Waals surface area contributed by atoms with Gasteiger partial charge in [-0.25, -0.2) is 4.90 Å². The SMILES string of the molecule is CC(C)c1ccc(C=C(NC(=O)c2ccccc2)C(=O)Nc2cccc(SC3CC(=O)N(c4ccc(I)cc4)C3=O)c2)cc1. The van der Waals surface area contributed by atoms with E-state index < -0.39 is 17.1 Å². The first kappa shape index (κ1) is 31.2. The van der Waals surface area contributed by atoms with Crippen molar-refractivity contribution < 1.29 is 19.2 Å². The summed E-state index contributed by atoms with van der Waals surface area (Å²) in [5, 5.41) is 5.06. The number of carbonyl (C=O) groups is 4. The fourth-order valence-corrected chi connectivity index (χ4v) is 6.13. The summed E-state index contributed by atoms with van der Waals surface area (Å²) in [5.74, 6) is -1.06. The third-order valence-corrected chi connectivity index (χ3v) is 8.90. The average molecular weight is 716 g/mol. The minimum absolute atomic E-state index is 0.0823. The molecule has 0 bridgehead atoms. The molecular formula is C35H30IN3O4S. The van der Waals surface area contributed by atoms with Gasteiger partial charge < -0.3 is 10.6 Å². The first-order valence-electron chi connectivity index (χ1n) is 14.1. The van der Waals surface area contributed by atoms with Crippen molar-refractivity contribution in [2.24, 2.45) is 0 Å². The molecule has 0 spiro atoms. The van der Waals surface area contributed by atoms with Crippen LogP contribution in [-0.4, -0.2) is 28.9 Å². The van der Waals surface area contributed by atoms with Gasteiger partial charge in [-0.3, -0.25) is 19.2 Å². The molecule has 2 N–H and O–H groups in total. The molecule has 0 aromatic heterocycles. The molecule has 1 fully saturated rings. The first-order chi connectivity index (χ1) is 21.2. The van der Waals surface area contributed by atoms with Gasteiger partial charge in [0.1, 0.15) is 5.70 Å². The number of benzene rings is 4. The van der Waals surface area contributed by atoms with Crippen LogP contribution in [0, 0.1) is 3.57 Å². The lowest BCUT2D eigenvalue weighted by molar-refractivity contribution is -0.121. The summed E-state index contributed by atoms with van der Waals surface area (Å²) < 4.78 is 1.01. The lowest BCUT2D eigenvalue weighted by atomic mass is 10.0. The van der Waals surface area contributed by atoms with E-state index in [0.29, 0.717) is 22.9 Å². The molecule has 4 amide bonds. The molecule has 1 aliphatic heterocycles. The van der Waals surface area contributed by atoms with Crippen LogP contribution in [0.15, 0.2) is 114 Å². The van der Waals surface area contributed by atoms with Crippen molar-refractivity contribution in [1.82, 2.24) is 5.32 Å². The molecule has 1 heterocycles. The third-order valence-electron chi connectivity index (χ3n) is 7.00. The summed E-state index contributed by atoms with van der Waals surface area (Å²) in [4.78, 5) is 54.4. The Morgan fingerprint density at radius 1 is 0.909 bits per heavy atom. The summed E-state index contributed by atoms with van der Waals surface area (Å²) in [6.07, 6.45) is 1.72. The zero-order chi connectivity index (χ0) is 31.2. The van der Waals surface area contributed by atoms with Gasteiger partial charge in [0.25, 0.3) is 11.8 Å². The van der Waals surface area contributed by atoms with E-state index in [2.05, 4.69) is 47.1 Å². The van der Waals surface area contributed by atoms with Gasteiger partial charge in [0.05, 0.1) is 10.9 Å². The van der Waals surface area contributed by atoms with Crippen LogP contribution < -0.4 is 15.5 Å². The molecule has 7 nitrogen and oxygen atoms in total. The van der Waals surface area contributed by atoms with Gasteiger partial charge in [-0.05, 0) is 100 Å². The fourth-order valence-electron chi connectivity index (χ4n) is 4.65. The minimum Gasteiger partial charge on any atom is -0.321 e. The van der Waals surface area contributed by atoms with Crippen LogP contribution in [0.2, 0.25) is 0 Å². The van der Waals surface area contributed by atoms with E-state index in [1.165, 1.54) is 22.2 Å². The maximum atomic E-state index is 13.5. The van der Waals surface area contributed by atoms with E-state index in [1.54, 1.807) is 60.7 Å². The molecule has 44 heavy (non-hydrogen) atoms. The molecule has 0 aliphatic carbocycles. The van der Waals surface area contributed by atoms with Crippen molar-refractivity contribution in [3.05, 3.63) is 129 Å². The molecule has 1 saturated heterocycles. The Kier molecular flexibility index (Phi) is 9.96. The Morgan fingerprint density at radius 2 is 1.61 bits per heavy atom. The quantitative estimate of drug-likeness (QED) is 0.108. The standard InChI is InChI=1S/C35H30IN3O4S/c1-22(2)24-13-11-23(12-14-24)19-30(38-33(41)25-7-4-3-5-8-25)34(42)37-27-9-6-10-29(20-27)44-31-21-32(40)39(35(31)43)28-17-15-26(36)16-18-28/h3-20,22,31H,21H2,1-2H3,(H,37,42)(H,38,41). The lowest BCUT2D eigenvalue weighted by Gasteiger charge is -2.15. The van der Waals surface area contributed by atoms with Gasteiger partial charge in [0, 0.05) is 26.1 Å². The number of carbonyl (C=O) groups excluding carboxylic acids is 4. The third kappa shape index (κ3) is 7.64. The average Bonchev–Trinajstić information content (AvgIpc) is 3.29. The molecule has 1 unspecified atom stereocenters. The topological polar surface area (TPSA) is 95.6 Å². The highest BCUT2D eigenvalue weighted by Crippen LogP contribution is 2.35. The van der Waals surface area contributed by atoms with Gasteiger partial charge >= 0.3 is 0 Å². The van der Waals surface area contributed by atoms with Crippen LogP contribution in [-0.2, 0) is 14.4 Å². The van der Waals surface area contributed by atoms with E-state index in [-0.39, 0.29) is 23.9 Å². The molecular weight excluding hydrogens is 685 g/mol. The summed E-state index contributed by atoms with van der Waals surface area (Å²) in [6, 6.07) is 30.8. The molecule has 1 atom stereocenters. The van der Waals surface area contributed by atoms with Crippen LogP contribution in [0.25, 0.3) is 6.08 Å². The monoisotopic (exact) mass is 715 g/mol. The number of thioether (sulfide) groups is 1. The Hall–Kier alpha value is -4.22. The van der Waals surface area contributed by atoms with Crippen LogP contribution in [0.5, 0.6) is 0 Å². The number of nitrogens with one attached hydrogen (secondary N) is 2. The number of anilines is 2. The highest BCUT2D eigenvalue weighted by Gasteiger charge is 2.40. The Balaban J connectivity index is 1.33. The van der Waals surface area contributed by atoms with Crippen molar-refractivity contribution in [2.75, 3.05) is 10.2 Å². The van der Waals surface area contributed by atoms with Crippen LogP contribution in [0.3, 0.4) is 0 Å². The fraction of sp³-hybridized carbons (Fsp3) is 0.143. The van der Waals surface area contributed by atoms with Crippen molar-refractivity contribution in [3.8, 4) is 0 Å². The molecule has 5 rings (SSSR count). The molecule has 4 aromatic rings. The molecule has 1 aliphatic rings. The Morgan fingerprint density at radius 3 is 2.30 bits per heavy atom. The largest absolute Gasteiger partial charge is 0.321 e. The van der Waals surface area contributed by atoms with Crippen molar-refractivity contribution >= 4 is 75.4 Å². The zero-order valence-electron chi connectivity index (χ0n) is 24.1. The highest BCUT2D eigenvalue weighted by atomic mass is 127. The first-order valence-corrected chi connectivity index (χ1v) is 16.0. The molecule has 4 aromatic carbocycles. The maximum absolute atomic E-state index is 13.5. The summed E-state index contributed by atoms with van der Waals surface area (Å²) in [7, 11) is 0. The van der Waals surface area contributed by atoms with E-state index in [4.69, 9.17) is 0 Å².